The fraction of sp³-hybridized carbons (Fsp3) is 0.480. The topological polar surface area (TPSA) is 4.93 Å². The van der Waals surface area contributed by atoms with E-state index in [1.165, 1.54) is 84.9 Å². The molecule has 1 nitrogen and oxygen atoms in total. The molecule has 0 fully saturated rings. The Morgan fingerprint density at radius 3 is 1.88 bits per heavy atom. The highest BCUT2D eigenvalue weighted by Crippen LogP contribution is 2.56. The van der Waals surface area contributed by atoms with Crippen LogP contribution >= 0.6 is 0 Å². The molecule has 76 heavy (non-hydrogen) atoms. The maximum atomic E-state index is 3.52. The van der Waals surface area contributed by atoms with Crippen molar-refractivity contribution >= 4 is 6.08 Å². The van der Waals surface area contributed by atoms with Crippen molar-refractivity contribution in [3.63, 3.8) is 0 Å². The van der Waals surface area contributed by atoms with Gasteiger partial charge in [0.05, 0.1) is 0 Å². The Hall–Kier alpha value is -5.36. The van der Waals surface area contributed by atoms with Crippen LogP contribution in [0.2, 0.25) is 0 Å². The average Bonchev–Trinajstić information content (AvgIpc) is 3.82. The summed E-state index contributed by atoms with van der Waals surface area (Å²) in [4.78, 5) is 0. The van der Waals surface area contributed by atoms with Gasteiger partial charge in [0.1, 0.15) is 0 Å². The van der Waals surface area contributed by atoms with Crippen LogP contribution in [0.15, 0.2) is 183 Å². The minimum absolute atomic E-state index is 0.0463. The lowest BCUT2D eigenvalue weighted by molar-refractivity contribution is 0.468. The molecule has 3 atom stereocenters. The zero-order chi connectivity index (χ0) is 56.6. The molecule has 1 aromatic heterocycles. The summed E-state index contributed by atoms with van der Waals surface area (Å²) in [6.07, 6.45) is 42.7. The molecule has 412 valence electrons. The van der Waals surface area contributed by atoms with Gasteiger partial charge in [-0.3, -0.25) is 0 Å². The third-order valence-electron chi connectivity index (χ3n) is 15.4. The van der Waals surface area contributed by atoms with Gasteiger partial charge in [0.2, 0.25) is 0 Å². The van der Waals surface area contributed by atoms with E-state index in [-0.39, 0.29) is 10.8 Å². The van der Waals surface area contributed by atoms with Gasteiger partial charge >= 0.3 is 0 Å². The molecule has 8 aliphatic rings. The zero-order valence-electron chi connectivity index (χ0n) is 52.2. The molecule has 3 unspecified atom stereocenters. The fourth-order valence-corrected chi connectivity index (χ4v) is 12.3. The van der Waals surface area contributed by atoms with E-state index >= 15 is 0 Å². The minimum Gasteiger partial charge on any atom is -0.343 e. The molecule has 0 spiro atoms. The van der Waals surface area contributed by atoms with E-state index in [0.717, 1.165) is 19.4 Å². The first-order chi connectivity index (χ1) is 36.9. The van der Waals surface area contributed by atoms with E-state index in [1.807, 2.05) is 89.2 Å². The summed E-state index contributed by atoms with van der Waals surface area (Å²) in [6, 6.07) is 19.0. The van der Waals surface area contributed by atoms with E-state index in [4.69, 9.17) is 0 Å². The molecule has 0 saturated carbocycles. The molecule has 0 aliphatic heterocycles. The first kappa shape index (κ1) is 64.9. The van der Waals surface area contributed by atoms with Gasteiger partial charge in [-0.2, -0.15) is 0 Å². The molecule has 2 aromatic carbocycles. The predicted molar refractivity (Wildman–Crippen MR) is 342 cm³/mol. The number of hydrogen-bond donors (Lipinski definition) is 0. The van der Waals surface area contributed by atoms with Crippen LogP contribution in [-0.4, -0.2) is 4.57 Å². The number of rotatable bonds is 4. The van der Waals surface area contributed by atoms with Crippen LogP contribution in [0.4, 0.5) is 0 Å². The lowest BCUT2D eigenvalue weighted by atomic mass is 9.67. The summed E-state index contributed by atoms with van der Waals surface area (Å²) >= 11 is 0. The van der Waals surface area contributed by atoms with E-state index in [0.29, 0.717) is 17.8 Å². The van der Waals surface area contributed by atoms with Crippen molar-refractivity contribution in [2.45, 2.75) is 215 Å². The van der Waals surface area contributed by atoms with Crippen molar-refractivity contribution in [2.75, 3.05) is 0 Å². The summed E-state index contributed by atoms with van der Waals surface area (Å²) in [5, 5.41) is 0. The Morgan fingerprint density at radius 1 is 0.592 bits per heavy atom. The minimum atomic E-state index is 0.0463. The van der Waals surface area contributed by atoms with E-state index in [2.05, 4.69) is 193 Å². The first-order valence-electron chi connectivity index (χ1n) is 30.6. The van der Waals surface area contributed by atoms with Gasteiger partial charge in [-0.25, -0.2) is 0 Å². The highest BCUT2D eigenvalue weighted by atomic mass is 15.0. The number of benzene rings is 2. The molecule has 0 bridgehead atoms. The van der Waals surface area contributed by atoms with Crippen molar-refractivity contribution in [3.8, 4) is 11.1 Å². The maximum Gasteiger partial charge on any atom is 0.0441 e. The monoisotopic (exact) mass is 1020 g/mol. The Labute approximate surface area is 468 Å². The lowest BCUT2D eigenvalue weighted by Gasteiger charge is -2.39. The normalized spacial score (nSPS) is 20.8. The quantitative estimate of drug-likeness (QED) is 0.230. The molecule has 3 aromatic rings. The number of hydrogen-bond acceptors (Lipinski definition) is 0. The third kappa shape index (κ3) is 15.7. The zero-order valence-corrected chi connectivity index (χ0v) is 52.2. The van der Waals surface area contributed by atoms with Crippen LogP contribution < -0.4 is 0 Å². The number of allylic oxidation sites excluding steroid dienone is 20. The number of nitrogens with zero attached hydrogens (tertiary/aromatic N) is 1. The number of fused-ring (bicyclic) bond motifs is 5. The largest absolute Gasteiger partial charge is 0.343 e. The third-order valence-corrected chi connectivity index (χ3v) is 15.4. The summed E-state index contributed by atoms with van der Waals surface area (Å²) in [5.41, 5.74) is 28.1. The van der Waals surface area contributed by atoms with Gasteiger partial charge < -0.3 is 4.57 Å². The molecule has 0 N–H and O–H groups in total. The van der Waals surface area contributed by atoms with Gasteiger partial charge in [-0.1, -0.05) is 267 Å². The van der Waals surface area contributed by atoms with Crippen molar-refractivity contribution in [1.82, 2.24) is 4.57 Å². The van der Waals surface area contributed by atoms with Gasteiger partial charge in [-0.15, -0.1) is 5.73 Å². The Balaban J connectivity index is 0.000000299. The van der Waals surface area contributed by atoms with Gasteiger partial charge in [0.25, 0.3) is 0 Å². The number of aryl methyl sites for hydroxylation is 1. The summed E-state index contributed by atoms with van der Waals surface area (Å²) in [6.45, 7) is 43.7. The Kier molecular flexibility index (Phi) is 27.7. The second-order valence-electron chi connectivity index (χ2n) is 21.0. The second-order valence-corrected chi connectivity index (χ2v) is 21.0. The van der Waals surface area contributed by atoms with Crippen LogP contribution in [0.25, 0.3) is 17.2 Å². The highest BCUT2D eigenvalue weighted by molar-refractivity contribution is 5.66. The van der Waals surface area contributed by atoms with Crippen molar-refractivity contribution in [3.05, 3.63) is 211 Å². The molecule has 0 saturated heterocycles. The molecule has 0 radical (unpaired) electrons. The molecule has 1 heterocycles. The Morgan fingerprint density at radius 2 is 1.24 bits per heavy atom. The molecular weight excluding hydrogens is 915 g/mol. The highest BCUT2D eigenvalue weighted by Gasteiger charge is 2.44. The fourth-order valence-electron chi connectivity index (χ4n) is 12.3. The standard InChI is InChI=1S/C32H37N.C18H22.C13H12.6C2H6/c1-22-10-9-13-24(18-22)25-16-17-26-19-28-27-14-7-8-15-30(27)33(21-23-11-5-4-6-12-23)31(28)32(2,3)29(26)20-25;1-12-9-13(2)11-17-15(10-12)14-7-5-6-8-16(14)18(17,3)4;1-11-7-9-13(10-8-11)12-5-3-2-4-6-12;6*1-2/h4-6,8-11,13,15,20,22-23H,7,12,14,16-19,21H2,1-3H3;6,8,11,15H,5,7,10H2,1-4H3;2-10H,1H3;6*1-2H3. The van der Waals surface area contributed by atoms with Crippen molar-refractivity contribution in [1.29, 1.82) is 0 Å². The molecule has 8 aliphatic carbocycles. The summed E-state index contributed by atoms with van der Waals surface area (Å²) < 4.78 is 2.73. The second kappa shape index (κ2) is 32.4. The predicted octanol–water partition coefficient (Wildman–Crippen LogP) is 22.9. The van der Waals surface area contributed by atoms with E-state index in [1.54, 1.807) is 55.8 Å². The van der Waals surface area contributed by atoms with E-state index in [9.17, 15) is 0 Å². The molecular formula is C75H107N. The molecule has 0 amide bonds. The van der Waals surface area contributed by atoms with Gasteiger partial charge in [0.15, 0.2) is 0 Å². The van der Waals surface area contributed by atoms with Crippen LogP contribution in [0.1, 0.15) is 211 Å². The summed E-state index contributed by atoms with van der Waals surface area (Å²) in [7, 11) is 0. The Bertz CT molecular complexity index is 2680. The number of aromatic nitrogens is 1. The molecule has 1 heteroatoms. The van der Waals surface area contributed by atoms with Crippen LogP contribution in [0, 0.1) is 30.1 Å². The maximum absolute atomic E-state index is 3.52. The van der Waals surface area contributed by atoms with Crippen molar-refractivity contribution in [2.24, 2.45) is 23.2 Å². The van der Waals surface area contributed by atoms with E-state index < -0.39 is 0 Å². The van der Waals surface area contributed by atoms with Crippen molar-refractivity contribution < 1.29 is 0 Å². The SMILES string of the molecule is CC.CC.CC.CC.CC.CC.CC1=C=C(C)CC2C(=C1)C(C)(C)C1=C2CCC=C1.CC1C=CC=C(C2=CC3=C(CC2)Cc2c4c(n(CC5C=CC=CC5)c2C3(C)C)C=CCC4)C1.Cc1ccc(-c2ccccc2)cc1. The van der Waals surface area contributed by atoms with Gasteiger partial charge in [-0.05, 0) is 159 Å². The molecule has 11 rings (SSSR count). The average molecular weight is 1020 g/mol. The first-order valence-corrected chi connectivity index (χ1v) is 30.6. The van der Waals surface area contributed by atoms with Gasteiger partial charge in [0, 0.05) is 34.7 Å². The summed E-state index contributed by atoms with van der Waals surface area (Å²) in [5.74, 6) is 1.89. The lowest BCUT2D eigenvalue weighted by Crippen LogP contribution is -2.32. The smallest absolute Gasteiger partial charge is 0.0441 e. The van der Waals surface area contributed by atoms with Crippen LogP contribution in [-0.2, 0) is 24.8 Å². The van der Waals surface area contributed by atoms with Crippen LogP contribution in [0.5, 0.6) is 0 Å². The van der Waals surface area contributed by atoms with Crippen LogP contribution in [0.3, 0.4) is 0 Å².